The molecule has 2 aromatic rings. The Labute approximate surface area is 118 Å². The Morgan fingerprint density at radius 2 is 1.95 bits per heavy atom. The first-order chi connectivity index (χ1) is 9.22. The van der Waals surface area contributed by atoms with Crippen molar-refractivity contribution >= 4 is 12.2 Å². The van der Waals surface area contributed by atoms with Gasteiger partial charge in [0, 0.05) is 18.4 Å². The Bertz CT molecular complexity index is 605. The molecule has 0 amide bonds. The van der Waals surface area contributed by atoms with Crippen molar-refractivity contribution < 1.29 is 4.90 Å². The normalized spacial score (nSPS) is 16.1. The highest BCUT2D eigenvalue weighted by molar-refractivity contribution is 7.71. The molecule has 0 aliphatic carbocycles. The SMILES string of the molecule is Cc1ccc(-c2nc(=S)n(C[NH+]3CCCC3)[nH]2)cc1. The number of benzene rings is 1. The topological polar surface area (TPSA) is 38.0 Å². The van der Waals surface area contributed by atoms with Crippen molar-refractivity contribution in [2.75, 3.05) is 13.1 Å². The van der Waals surface area contributed by atoms with Gasteiger partial charge in [-0.3, -0.25) is 5.10 Å². The van der Waals surface area contributed by atoms with Crippen molar-refractivity contribution in [3.05, 3.63) is 34.6 Å². The molecule has 3 rings (SSSR count). The maximum atomic E-state index is 5.34. The van der Waals surface area contributed by atoms with Gasteiger partial charge in [-0.25, -0.2) is 4.68 Å². The van der Waals surface area contributed by atoms with Gasteiger partial charge in [-0.05, 0) is 19.1 Å². The van der Waals surface area contributed by atoms with Crippen molar-refractivity contribution in [1.82, 2.24) is 14.8 Å². The minimum Gasteiger partial charge on any atom is -0.316 e. The van der Waals surface area contributed by atoms with Gasteiger partial charge >= 0.3 is 0 Å². The standard InChI is InChI=1S/C14H18N4S/c1-11-4-6-12(7-5-11)13-15-14(19)18(16-13)10-17-8-2-3-9-17/h4-7H,2-3,8-10H2,1H3,(H,15,16,19)/p+1. The zero-order chi connectivity index (χ0) is 13.2. The van der Waals surface area contributed by atoms with Crippen LogP contribution in [0.15, 0.2) is 24.3 Å². The zero-order valence-electron chi connectivity index (χ0n) is 11.1. The lowest BCUT2D eigenvalue weighted by Gasteiger charge is -2.11. The summed E-state index contributed by atoms with van der Waals surface area (Å²) in [6, 6.07) is 8.35. The number of hydrogen-bond donors (Lipinski definition) is 2. The van der Waals surface area contributed by atoms with Crippen LogP contribution in [0.5, 0.6) is 0 Å². The Balaban J connectivity index is 1.84. The molecule has 4 nitrogen and oxygen atoms in total. The minimum absolute atomic E-state index is 0.648. The summed E-state index contributed by atoms with van der Waals surface area (Å²) < 4.78 is 2.64. The van der Waals surface area contributed by atoms with E-state index in [1.165, 1.54) is 31.5 Å². The summed E-state index contributed by atoms with van der Waals surface area (Å²) in [4.78, 5) is 6.04. The summed E-state index contributed by atoms with van der Waals surface area (Å²) in [7, 11) is 0. The Morgan fingerprint density at radius 3 is 2.63 bits per heavy atom. The van der Waals surface area contributed by atoms with Gasteiger partial charge in [0.05, 0.1) is 13.1 Å². The second-order valence-electron chi connectivity index (χ2n) is 5.26. The Hall–Kier alpha value is -1.46. The van der Waals surface area contributed by atoms with Gasteiger partial charge in [0.2, 0.25) is 4.77 Å². The van der Waals surface area contributed by atoms with Crippen molar-refractivity contribution in [2.45, 2.75) is 26.4 Å². The number of rotatable bonds is 3. The van der Waals surface area contributed by atoms with Crippen LogP contribution in [0.1, 0.15) is 18.4 Å². The number of aryl methyl sites for hydroxylation is 1. The zero-order valence-corrected chi connectivity index (χ0v) is 12.0. The molecular weight excluding hydrogens is 256 g/mol. The number of likely N-dealkylation sites (tertiary alicyclic amines) is 1. The molecule has 0 bridgehead atoms. The average Bonchev–Trinajstić information content (AvgIpc) is 3.02. The smallest absolute Gasteiger partial charge is 0.221 e. The van der Waals surface area contributed by atoms with Gasteiger partial charge < -0.3 is 4.90 Å². The van der Waals surface area contributed by atoms with Crippen molar-refractivity contribution in [3.8, 4) is 11.4 Å². The first kappa shape index (κ1) is 12.6. The third-order valence-corrected chi connectivity index (χ3v) is 4.01. The lowest BCUT2D eigenvalue weighted by molar-refractivity contribution is -0.911. The summed E-state index contributed by atoms with van der Waals surface area (Å²) in [6.07, 6.45) is 2.64. The van der Waals surface area contributed by atoms with Crippen LogP contribution < -0.4 is 4.90 Å². The molecule has 1 aromatic heterocycles. The van der Waals surface area contributed by atoms with Gasteiger partial charge in [-0.2, -0.15) is 4.98 Å². The maximum Gasteiger partial charge on any atom is 0.221 e. The average molecular weight is 275 g/mol. The second-order valence-corrected chi connectivity index (χ2v) is 5.63. The van der Waals surface area contributed by atoms with E-state index in [0.29, 0.717) is 4.77 Å². The molecule has 0 spiro atoms. The fraction of sp³-hybridized carbons (Fsp3) is 0.429. The Morgan fingerprint density at radius 1 is 1.26 bits per heavy atom. The number of aromatic amines is 1. The quantitative estimate of drug-likeness (QED) is 0.834. The summed E-state index contributed by atoms with van der Waals surface area (Å²) in [5, 5.41) is 3.32. The van der Waals surface area contributed by atoms with Crippen LogP contribution in [0.2, 0.25) is 0 Å². The van der Waals surface area contributed by atoms with E-state index in [2.05, 4.69) is 41.3 Å². The van der Waals surface area contributed by atoms with Crippen molar-refractivity contribution in [3.63, 3.8) is 0 Å². The van der Waals surface area contributed by atoms with Crippen LogP contribution in [0.4, 0.5) is 0 Å². The van der Waals surface area contributed by atoms with E-state index in [9.17, 15) is 0 Å². The van der Waals surface area contributed by atoms with Gasteiger partial charge in [0.15, 0.2) is 12.5 Å². The molecule has 2 N–H and O–H groups in total. The molecule has 1 aromatic carbocycles. The van der Waals surface area contributed by atoms with Crippen LogP contribution in [0.25, 0.3) is 11.4 Å². The van der Waals surface area contributed by atoms with Crippen LogP contribution >= 0.6 is 12.2 Å². The van der Waals surface area contributed by atoms with E-state index in [4.69, 9.17) is 12.2 Å². The van der Waals surface area contributed by atoms with E-state index < -0.39 is 0 Å². The molecule has 2 heterocycles. The molecule has 1 fully saturated rings. The lowest BCUT2D eigenvalue weighted by Crippen LogP contribution is -3.09. The highest BCUT2D eigenvalue weighted by atomic mass is 32.1. The molecule has 1 aliphatic heterocycles. The third kappa shape index (κ3) is 2.77. The molecule has 1 aliphatic rings. The van der Waals surface area contributed by atoms with Crippen LogP contribution in [0, 0.1) is 11.7 Å². The summed E-state index contributed by atoms with van der Waals surface area (Å²) >= 11 is 5.34. The number of hydrogen-bond acceptors (Lipinski definition) is 2. The van der Waals surface area contributed by atoms with E-state index in [1.54, 1.807) is 4.90 Å². The van der Waals surface area contributed by atoms with E-state index >= 15 is 0 Å². The molecule has 5 heteroatoms. The van der Waals surface area contributed by atoms with Crippen molar-refractivity contribution in [2.24, 2.45) is 0 Å². The first-order valence-electron chi connectivity index (χ1n) is 6.80. The summed E-state index contributed by atoms with van der Waals surface area (Å²) in [5.41, 5.74) is 2.34. The first-order valence-corrected chi connectivity index (χ1v) is 7.21. The summed E-state index contributed by atoms with van der Waals surface area (Å²) in [6.45, 7) is 5.46. The van der Waals surface area contributed by atoms with E-state index in [0.717, 1.165) is 18.1 Å². The fourth-order valence-corrected chi connectivity index (χ4v) is 2.76. The minimum atomic E-state index is 0.648. The Kier molecular flexibility index (Phi) is 3.48. The van der Waals surface area contributed by atoms with E-state index in [-0.39, 0.29) is 0 Å². The summed E-state index contributed by atoms with van der Waals surface area (Å²) in [5.74, 6) is 0.864. The number of H-pyrrole nitrogens is 1. The number of quaternary nitrogens is 1. The number of nitrogens with one attached hydrogen (secondary N) is 2. The fourth-order valence-electron chi connectivity index (χ4n) is 2.56. The van der Waals surface area contributed by atoms with Crippen molar-refractivity contribution in [1.29, 1.82) is 0 Å². The molecular formula is C14H19N4S+. The van der Waals surface area contributed by atoms with Crippen LogP contribution in [-0.2, 0) is 6.67 Å². The monoisotopic (exact) mass is 275 g/mol. The second kappa shape index (κ2) is 5.27. The largest absolute Gasteiger partial charge is 0.316 e. The predicted molar refractivity (Wildman–Crippen MR) is 77.5 cm³/mol. The number of nitrogens with zero attached hydrogens (tertiary/aromatic N) is 2. The molecule has 1 saturated heterocycles. The number of aromatic nitrogens is 3. The molecule has 0 saturated carbocycles. The molecule has 100 valence electrons. The highest BCUT2D eigenvalue weighted by Gasteiger charge is 2.16. The van der Waals surface area contributed by atoms with Crippen LogP contribution in [-0.4, -0.2) is 27.9 Å². The van der Waals surface area contributed by atoms with E-state index in [1.807, 2.05) is 4.68 Å². The molecule has 0 radical (unpaired) electrons. The highest BCUT2D eigenvalue weighted by Crippen LogP contribution is 2.15. The molecule has 19 heavy (non-hydrogen) atoms. The maximum absolute atomic E-state index is 5.34. The molecule has 0 unspecified atom stereocenters. The van der Waals surface area contributed by atoms with Gasteiger partial charge in [-0.15, -0.1) is 0 Å². The lowest BCUT2D eigenvalue weighted by atomic mass is 10.1. The predicted octanol–water partition coefficient (Wildman–Crippen LogP) is 1.55. The van der Waals surface area contributed by atoms with Gasteiger partial charge in [0.25, 0.3) is 0 Å². The van der Waals surface area contributed by atoms with Gasteiger partial charge in [0.1, 0.15) is 0 Å². The van der Waals surface area contributed by atoms with Gasteiger partial charge in [-0.1, -0.05) is 29.8 Å². The third-order valence-electron chi connectivity index (χ3n) is 3.70. The van der Waals surface area contributed by atoms with Crippen LogP contribution in [0.3, 0.4) is 0 Å². The molecule has 0 atom stereocenters.